The van der Waals surface area contributed by atoms with Crippen molar-refractivity contribution in [2.45, 2.75) is 46.5 Å². The molecule has 0 unspecified atom stereocenters. The normalized spacial score (nSPS) is 13.9. The van der Waals surface area contributed by atoms with Crippen molar-refractivity contribution >= 4 is 28.9 Å². The van der Waals surface area contributed by atoms with E-state index in [1.54, 1.807) is 0 Å². The number of nitrogens with one attached hydrogen (secondary N) is 2. The van der Waals surface area contributed by atoms with Crippen LogP contribution in [0.3, 0.4) is 0 Å². The number of amides is 2. The third-order valence-corrected chi connectivity index (χ3v) is 5.13. The maximum absolute atomic E-state index is 12.3. The molecule has 2 aromatic carbocycles. The van der Waals surface area contributed by atoms with E-state index in [4.69, 9.17) is 0 Å². The van der Waals surface area contributed by atoms with Gasteiger partial charge in [-0.1, -0.05) is 17.7 Å². The zero-order valence-electron chi connectivity index (χ0n) is 17.0. The van der Waals surface area contributed by atoms with Crippen LogP contribution in [0.15, 0.2) is 36.4 Å². The Kier molecular flexibility index (Phi) is 6.34. The summed E-state index contributed by atoms with van der Waals surface area (Å²) in [7, 11) is 0. The first-order chi connectivity index (χ1) is 13.4. The van der Waals surface area contributed by atoms with Gasteiger partial charge in [-0.05, 0) is 75.4 Å². The molecule has 28 heavy (non-hydrogen) atoms. The van der Waals surface area contributed by atoms with Crippen LogP contribution in [0.25, 0.3) is 0 Å². The van der Waals surface area contributed by atoms with Gasteiger partial charge in [-0.2, -0.15) is 0 Å². The topological polar surface area (TPSA) is 61.4 Å². The molecule has 1 aliphatic rings. The summed E-state index contributed by atoms with van der Waals surface area (Å²) in [6.45, 7) is 8.11. The van der Waals surface area contributed by atoms with Gasteiger partial charge in [0, 0.05) is 30.2 Å². The number of carbonyl (C=O) groups is 2. The second-order valence-electron chi connectivity index (χ2n) is 7.64. The monoisotopic (exact) mass is 379 g/mol. The Morgan fingerprint density at radius 1 is 0.857 bits per heavy atom. The fraction of sp³-hybridized carbons (Fsp3) is 0.391. The predicted octanol–water partition coefficient (Wildman–Crippen LogP) is 4.57. The number of rotatable bonds is 5. The van der Waals surface area contributed by atoms with Gasteiger partial charge in [0.15, 0.2) is 0 Å². The third kappa shape index (κ3) is 5.12. The second-order valence-corrected chi connectivity index (χ2v) is 7.64. The van der Waals surface area contributed by atoms with E-state index in [1.807, 2.05) is 57.2 Å². The number of hydrogen-bond acceptors (Lipinski definition) is 3. The summed E-state index contributed by atoms with van der Waals surface area (Å²) in [6, 6.07) is 11.9. The van der Waals surface area contributed by atoms with Crippen LogP contribution in [0.5, 0.6) is 0 Å². The van der Waals surface area contributed by atoms with Crippen molar-refractivity contribution < 1.29 is 9.59 Å². The highest BCUT2D eigenvalue weighted by molar-refractivity contribution is 6.08. The summed E-state index contributed by atoms with van der Waals surface area (Å²) in [4.78, 5) is 26.9. The fourth-order valence-corrected chi connectivity index (χ4v) is 3.82. The molecule has 5 nitrogen and oxygen atoms in total. The van der Waals surface area contributed by atoms with Crippen molar-refractivity contribution in [1.82, 2.24) is 0 Å². The van der Waals surface area contributed by atoms with Gasteiger partial charge in [-0.15, -0.1) is 0 Å². The molecular weight excluding hydrogens is 350 g/mol. The Morgan fingerprint density at radius 3 is 2.04 bits per heavy atom. The van der Waals surface area contributed by atoms with E-state index in [2.05, 4.69) is 15.5 Å². The third-order valence-electron chi connectivity index (χ3n) is 5.13. The molecular formula is C23H29N3O2. The van der Waals surface area contributed by atoms with Crippen LogP contribution in [0, 0.1) is 20.8 Å². The first kappa shape index (κ1) is 19.9. The fourth-order valence-electron chi connectivity index (χ4n) is 3.82. The SMILES string of the molecule is Cc1cc(C)c(NC(=O)CC(=O)Nc2ccc(N3CCCCC3)cc2)c(C)c1. The Balaban J connectivity index is 1.54. The molecule has 2 N–H and O–H groups in total. The number of hydrogen-bond donors (Lipinski definition) is 2. The van der Waals surface area contributed by atoms with Crippen molar-refractivity contribution in [3.05, 3.63) is 53.1 Å². The lowest BCUT2D eigenvalue weighted by Crippen LogP contribution is -2.29. The average molecular weight is 380 g/mol. The summed E-state index contributed by atoms with van der Waals surface area (Å²) in [5, 5.41) is 5.68. The average Bonchev–Trinajstić information content (AvgIpc) is 2.66. The van der Waals surface area contributed by atoms with E-state index in [-0.39, 0.29) is 18.2 Å². The van der Waals surface area contributed by atoms with Gasteiger partial charge in [0.05, 0.1) is 0 Å². The van der Waals surface area contributed by atoms with Gasteiger partial charge < -0.3 is 15.5 Å². The maximum atomic E-state index is 12.3. The molecule has 1 saturated heterocycles. The lowest BCUT2D eigenvalue weighted by Gasteiger charge is -2.28. The Labute approximate surface area is 167 Å². The number of carbonyl (C=O) groups excluding carboxylic acids is 2. The van der Waals surface area contributed by atoms with Crippen LogP contribution in [0.2, 0.25) is 0 Å². The quantitative estimate of drug-likeness (QED) is 0.748. The summed E-state index contributed by atoms with van der Waals surface area (Å²) < 4.78 is 0. The van der Waals surface area contributed by atoms with E-state index in [1.165, 1.54) is 24.9 Å². The van der Waals surface area contributed by atoms with Gasteiger partial charge >= 0.3 is 0 Å². The van der Waals surface area contributed by atoms with E-state index in [0.29, 0.717) is 5.69 Å². The lowest BCUT2D eigenvalue weighted by atomic mass is 10.0. The highest BCUT2D eigenvalue weighted by atomic mass is 16.2. The van der Waals surface area contributed by atoms with Crippen LogP contribution >= 0.6 is 0 Å². The standard InChI is InChI=1S/C23H29N3O2/c1-16-13-17(2)23(18(3)14-16)25-22(28)15-21(27)24-19-7-9-20(10-8-19)26-11-5-4-6-12-26/h7-10,13-14H,4-6,11-12,15H2,1-3H3,(H,24,27)(H,25,28). The lowest BCUT2D eigenvalue weighted by molar-refractivity contribution is -0.123. The highest BCUT2D eigenvalue weighted by Gasteiger charge is 2.14. The van der Waals surface area contributed by atoms with Crippen molar-refractivity contribution in [2.75, 3.05) is 28.6 Å². The van der Waals surface area contributed by atoms with Crippen molar-refractivity contribution in [3.63, 3.8) is 0 Å². The van der Waals surface area contributed by atoms with Crippen LogP contribution in [-0.4, -0.2) is 24.9 Å². The zero-order chi connectivity index (χ0) is 20.1. The van der Waals surface area contributed by atoms with E-state index in [0.717, 1.165) is 35.5 Å². The highest BCUT2D eigenvalue weighted by Crippen LogP contribution is 2.23. The minimum absolute atomic E-state index is 0.208. The smallest absolute Gasteiger partial charge is 0.233 e. The van der Waals surface area contributed by atoms with Gasteiger partial charge in [0.25, 0.3) is 0 Å². The van der Waals surface area contributed by atoms with Gasteiger partial charge in [-0.25, -0.2) is 0 Å². The molecule has 2 amide bonds. The molecule has 0 radical (unpaired) electrons. The molecule has 0 aromatic heterocycles. The molecule has 1 aliphatic heterocycles. The molecule has 0 spiro atoms. The molecule has 0 atom stereocenters. The molecule has 3 rings (SSSR count). The number of piperidine rings is 1. The van der Waals surface area contributed by atoms with Crippen molar-refractivity contribution in [1.29, 1.82) is 0 Å². The zero-order valence-corrected chi connectivity index (χ0v) is 17.0. The van der Waals surface area contributed by atoms with Crippen LogP contribution in [0.4, 0.5) is 17.1 Å². The number of nitrogens with zero attached hydrogens (tertiary/aromatic N) is 1. The summed E-state index contributed by atoms with van der Waals surface area (Å²) in [5.41, 5.74) is 5.83. The Hall–Kier alpha value is -2.82. The van der Waals surface area contributed by atoms with Crippen LogP contribution < -0.4 is 15.5 Å². The van der Waals surface area contributed by atoms with Gasteiger partial charge in [0.1, 0.15) is 6.42 Å². The van der Waals surface area contributed by atoms with Gasteiger partial charge in [-0.3, -0.25) is 9.59 Å². The van der Waals surface area contributed by atoms with E-state index in [9.17, 15) is 9.59 Å². The van der Waals surface area contributed by atoms with Gasteiger partial charge in [0.2, 0.25) is 11.8 Å². The van der Waals surface area contributed by atoms with E-state index >= 15 is 0 Å². The maximum Gasteiger partial charge on any atom is 0.233 e. The molecule has 1 fully saturated rings. The molecule has 5 heteroatoms. The Morgan fingerprint density at radius 2 is 1.43 bits per heavy atom. The first-order valence-electron chi connectivity index (χ1n) is 9.95. The minimum Gasteiger partial charge on any atom is -0.372 e. The minimum atomic E-state index is -0.314. The molecule has 0 bridgehead atoms. The number of aryl methyl sites for hydroxylation is 3. The van der Waals surface area contributed by atoms with Crippen LogP contribution in [-0.2, 0) is 9.59 Å². The van der Waals surface area contributed by atoms with Crippen molar-refractivity contribution in [2.24, 2.45) is 0 Å². The van der Waals surface area contributed by atoms with Crippen LogP contribution in [0.1, 0.15) is 42.4 Å². The summed E-state index contributed by atoms with van der Waals surface area (Å²) in [5.74, 6) is -0.622. The summed E-state index contributed by atoms with van der Waals surface area (Å²) in [6.07, 6.45) is 3.55. The predicted molar refractivity (Wildman–Crippen MR) is 115 cm³/mol. The molecule has 2 aromatic rings. The summed E-state index contributed by atoms with van der Waals surface area (Å²) >= 11 is 0. The van der Waals surface area contributed by atoms with Crippen molar-refractivity contribution in [3.8, 4) is 0 Å². The largest absolute Gasteiger partial charge is 0.372 e. The Bertz CT molecular complexity index is 830. The molecule has 148 valence electrons. The second kappa shape index (κ2) is 8.91. The number of benzene rings is 2. The molecule has 0 aliphatic carbocycles. The van der Waals surface area contributed by atoms with E-state index < -0.39 is 0 Å². The molecule has 0 saturated carbocycles. The molecule has 1 heterocycles. The first-order valence-corrected chi connectivity index (χ1v) is 9.95. The number of anilines is 3.